The second-order valence-electron chi connectivity index (χ2n) is 7.80. The summed E-state index contributed by atoms with van der Waals surface area (Å²) in [4.78, 5) is 16.1. The summed E-state index contributed by atoms with van der Waals surface area (Å²) in [5, 5.41) is 12.9. The minimum Gasteiger partial charge on any atom is -0.386 e. The molecule has 1 aromatic carbocycles. The highest BCUT2D eigenvalue weighted by Gasteiger charge is 2.38. The van der Waals surface area contributed by atoms with Gasteiger partial charge in [0.2, 0.25) is 5.91 Å². The number of likely N-dealkylation sites (tertiary alicyclic amines) is 2. The molecule has 29 heavy (non-hydrogen) atoms. The van der Waals surface area contributed by atoms with Crippen molar-refractivity contribution in [1.29, 1.82) is 0 Å². The van der Waals surface area contributed by atoms with Crippen LogP contribution in [-0.4, -0.2) is 71.8 Å². The zero-order valence-electron chi connectivity index (χ0n) is 16.2. The van der Waals surface area contributed by atoms with E-state index in [1.807, 2.05) is 0 Å². The summed E-state index contributed by atoms with van der Waals surface area (Å²) in [5.74, 6) is -0.752. The van der Waals surface area contributed by atoms with E-state index in [0.29, 0.717) is 32.4 Å². The van der Waals surface area contributed by atoms with E-state index in [9.17, 15) is 27.5 Å². The Morgan fingerprint density at radius 2 is 1.86 bits per heavy atom. The fourth-order valence-electron chi connectivity index (χ4n) is 4.34. The molecular weight excluding hydrogens is 390 g/mol. The maximum atomic E-state index is 13.7. The first-order chi connectivity index (χ1) is 13.7. The number of hydrogen-bond acceptors (Lipinski definition) is 4. The topological polar surface area (TPSA) is 55.8 Å². The number of rotatable bonds is 6. The molecule has 5 nitrogen and oxygen atoms in total. The predicted octanol–water partition coefficient (Wildman–Crippen LogP) is 2.47. The summed E-state index contributed by atoms with van der Waals surface area (Å²) >= 11 is 0. The van der Waals surface area contributed by atoms with E-state index >= 15 is 0 Å². The van der Waals surface area contributed by atoms with Gasteiger partial charge in [0.25, 0.3) is 0 Å². The van der Waals surface area contributed by atoms with E-state index in [1.54, 1.807) is 6.07 Å². The molecule has 0 aromatic heterocycles. The number of amides is 1. The van der Waals surface area contributed by atoms with Crippen molar-refractivity contribution in [3.8, 4) is 0 Å². The van der Waals surface area contributed by atoms with Gasteiger partial charge in [0.1, 0.15) is 5.82 Å². The van der Waals surface area contributed by atoms with Gasteiger partial charge in [-0.1, -0.05) is 18.2 Å². The van der Waals surface area contributed by atoms with Gasteiger partial charge in [-0.2, -0.15) is 13.2 Å². The van der Waals surface area contributed by atoms with E-state index in [4.69, 9.17) is 0 Å². The van der Waals surface area contributed by atoms with Crippen LogP contribution in [0.4, 0.5) is 17.6 Å². The lowest BCUT2D eigenvalue weighted by Crippen LogP contribution is -2.52. The number of alkyl halides is 3. The van der Waals surface area contributed by atoms with Crippen LogP contribution in [0.3, 0.4) is 0 Å². The van der Waals surface area contributed by atoms with Crippen LogP contribution in [0.1, 0.15) is 37.4 Å². The van der Waals surface area contributed by atoms with Gasteiger partial charge >= 0.3 is 6.18 Å². The first-order valence-electron chi connectivity index (χ1n) is 9.99. The highest BCUT2D eigenvalue weighted by atomic mass is 19.4. The highest BCUT2D eigenvalue weighted by molar-refractivity contribution is 5.82. The number of carbonyl (C=O) groups is 1. The third-order valence-corrected chi connectivity index (χ3v) is 5.76. The number of aliphatic hydroxyl groups excluding tert-OH is 1. The molecule has 2 heterocycles. The molecular formula is C20H27F4N3O2. The van der Waals surface area contributed by atoms with Crippen molar-refractivity contribution in [3.63, 3.8) is 0 Å². The average molecular weight is 417 g/mol. The molecule has 2 aliphatic rings. The molecule has 0 bridgehead atoms. The van der Waals surface area contributed by atoms with Crippen LogP contribution in [0.5, 0.6) is 0 Å². The van der Waals surface area contributed by atoms with E-state index in [2.05, 4.69) is 10.2 Å². The van der Waals surface area contributed by atoms with Gasteiger partial charge in [-0.3, -0.25) is 14.6 Å². The number of aliphatic hydroxyl groups is 1. The Kier molecular flexibility index (Phi) is 7.13. The number of nitrogens with zero attached hydrogens (tertiary/aromatic N) is 2. The summed E-state index contributed by atoms with van der Waals surface area (Å²) in [5.41, 5.74) is 0.133. The standard InChI is InChI=1S/C20H27F4N3O2/c21-16-5-2-1-4-15(16)18(28)12-25-19(29)17-6-3-9-27(17)14-7-10-26(11-8-14)13-20(22,23)24/h1-2,4-5,14,17-18,28H,3,6-13H2,(H,25,29)/t17-,18+/m1/s1. The van der Waals surface area contributed by atoms with E-state index in [1.165, 1.54) is 23.1 Å². The third-order valence-electron chi connectivity index (χ3n) is 5.76. The Hall–Kier alpha value is -1.71. The highest BCUT2D eigenvalue weighted by Crippen LogP contribution is 2.28. The Balaban J connectivity index is 1.50. The number of carbonyl (C=O) groups excluding carboxylic acids is 1. The molecule has 0 radical (unpaired) electrons. The molecule has 1 amide bonds. The van der Waals surface area contributed by atoms with Gasteiger partial charge in [-0.25, -0.2) is 4.39 Å². The van der Waals surface area contributed by atoms with Crippen LogP contribution >= 0.6 is 0 Å². The van der Waals surface area contributed by atoms with Crippen molar-refractivity contribution in [2.75, 3.05) is 32.7 Å². The van der Waals surface area contributed by atoms with Gasteiger partial charge in [0.05, 0.1) is 18.7 Å². The van der Waals surface area contributed by atoms with Crippen LogP contribution in [0.15, 0.2) is 24.3 Å². The maximum Gasteiger partial charge on any atom is 0.401 e. The zero-order chi connectivity index (χ0) is 21.0. The minimum absolute atomic E-state index is 0.0780. The first kappa shape index (κ1) is 22.0. The minimum atomic E-state index is -4.19. The summed E-state index contributed by atoms with van der Waals surface area (Å²) in [6.07, 6.45) is -2.63. The second-order valence-corrected chi connectivity index (χ2v) is 7.80. The Labute approximate surface area is 167 Å². The van der Waals surface area contributed by atoms with Crippen molar-refractivity contribution in [2.24, 2.45) is 0 Å². The SMILES string of the molecule is O=C(NC[C@H](O)c1ccccc1F)[C@H]1CCCN1C1CCN(CC(F)(F)F)CC1. The zero-order valence-corrected chi connectivity index (χ0v) is 16.2. The Bertz CT molecular complexity index is 693. The van der Waals surface area contributed by atoms with Crippen LogP contribution in [-0.2, 0) is 4.79 Å². The third kappa shape index (κ3) is 5.90. The molecule has 9 heteroatoms. The average Bonchev–Trinajstić information content (AvgIpc) is 3.15. The van der Waals surface area contributed by atoms with Gasteiger partial charge in [0, 0.05) is 18.2 Å². The van der Waals surface area contributed by atoms with Crippen molar-refractivity contribution >= 4 is 5.91 Å². The van der Waals surface area contributed by atoms with Crippen LogP contribution < -0.4 is 5.32 Å². The van der Waals surface area contributed by atoms with E-state index in [0.717, 1.165) is 13.0 Å². The molecule has 1 aromatic rings. The molecule has 2 N–H and O–H groups in total. The molecule has 2 fully saturated rings. The van der Waals surface area contributed by atoms with Gasteiger partial charge in [-0.15, -0.1) is 0 Å². The monoisotopic (exact) mass is 417 g/mol. The summed E-state index contributed by atoms with van der Waals surface area (Å²) < 4.78 is 51.4. The summed E-state index contributed by atoms with van der Waals surface area (Å²) in [7, 11) is 0. The lowest BCUT2D eigenvalue weighted by atomic mass is 10.0. The van der Waals surface area contributed by atoms with Crippen molar-refractivity contribution < 1.29 is 27.5 Å². The molecule has 162 valence electrons. The Morgan fingerprint density at radius 1 is 1.17 bits per heavy atom. The number of benzene rings is 1. The lowest BCUT2D eigenvalue weighted by molar-refractivity contribution is -0.149. The van der Waals surface area contributed by atoms with Crippen molar-refractivity contribution in [2.45, 2.75) is 50.0 Å². The Morgan fingerprint density at radius 3 is 2.52 bits per heavy atom. The number of piperidine rings is 1. The van der Waals surface area contributed by atoms with Crippen LogP contribution in [0, 0.1) is 5.82 Å². The lowest BCUT2D eigenvalue weighted by Gasteiger charge is -2.39. The molecule has 2 aliphatic heterocycles. The van der Waals surface area contributed by atoms with Gasteiger partial charge < -0.3 is 10.4 Å². The predicted molar refractivity (Wildman–Crippen MR) is 99.6 cm³/mol. The maximum absolute atomic E-state index is 13.7. The molecule has 2 saturated heterocycles. The van der Waals surface area contributed by atoms with E-state index < -0.39 is 24.6 Å². The quantitative estimate of drug-likeness (QED) is 0.699. The summed E-state index contributed by atoms with van der Waals surface area (Å²) in [6.45, 7) is 0.478. The molecule has 0 unspecified atom stereocenters. The fraction of sp³-hybridized carbons (Fsp3) is 0.650. The second kappa shape index (κ2) is 9.40. The van der Waals surface area contributed by atoms with Gasteiger partial charge in [-0.05, 0) is 51.4 Å². The number of hydrogen-bond donors (Lipinski definition) is 2. The number of nitrogens with one attached hydrogen (secondary N) is 1. The van der Waals surface area contributed by atoms with Crippen molar-refractivity contribution in [1.82, 2.24) is 15.1 Å². The molecule has 0 saturated carbocycles. The van der Waals surface area contributed by atoms with Crippen molar-refractivity contribution in [3.05, 3.63) is 35.6 Å². The first-order valence-corrected chi connectivity index (χ1v) is 9.99. The largest absolute Gasteiger partial charge is 0.401 e. The summed E-state index contributed by atoms with van der Waals surface area (Å²) in [6, 6.07) is 5.59. The molecule has 0 aliphatic carbocycles. The van der Waals surface area contributed by atoms with Gasteiger partial charge in [0.15, 0.2) is 0 Å². The van der Waals surface area contributed by atoms with Crippen LogP contribution in [0.25, 0.3) is 0 Å². The normalized spacial score (nSPS) is 23.3. The van der Waals surface area contributed by atoms with Crippen LogP contribution in [0.2, 0.25) is 0 Å². The molecule has 0 spiro atoms. The smallest absolute Gasteiger partial charge is 0.386 e. The fourth-order valence-corrected chi connectivity index (χ4v) is 4.34. The number of halogens is 4. The molecule has 3 rings (SSSR count). The molecule has 2 atom stereocenters. The van der Waals surface area contributed by atoms with E-state index in [-0.39, 0.29) is 30.1 Å².